The van der Waals surface area contributed by atoms with Gasteiger partial charge in [0, 0.05) is 17.1 Å². The third kappa shape index (κ3) is 3.69. The fraction of sp³-hybridized carbons (Fsp3) is 0.167. The third-order valence-electron chi connectivity index (χ3n) is 3.79. The minimum atomic E-state index is -0.884. The lowest BCUT2D eigenvalue weighted by atomic mass is 10.1. The summed E-state index contributed by atoms with van der Waals surface area (Å²) in [5.41, 5.74) is 0.605. The van der Waals surface area contributed by atoms with Crippen molar-refractivity contribution in [1.29, 1.82) is 0 Å². The van der Waals surface area contributed by atoms with Gasteiger partial charge in [0.15, 0.2) is 0 Å². The molecule has 0 fully saturated rings. The van der Waals surface area contributed by atoms with Gasteiger partial charge < -0.3 is 10.6 Å². The van der Waals surface area contributed by atoms with Gasteiger partial charge in [-0.1, -0.05) is 19.4 Å². The van der Waals surface area contributed by atoms with Crippen molar-refractivity contribution in [3.05, 3.63) is 64.1 Å². The van der Waals surface area contributed by atoms with E-state index in [0.717, 1.165) is 24.2 Å². The Labute approximate surface area is 147 Å². The lowest BCUT2D eigenvalue weighted by Crippen LogP contribution is -2.20. The van der Waals surface area contributed by atoms with Crippen LogP contribution in [0, 0.1) is 11.6 Å². The zero-order valence-electron chi connectivity index (χ0n) is 13.9. The summed E-state index contributed by atoms with van der Waals surface area (Å²) in [4.78, 5) is 24.0. The first-order valence-corrected chi connectivity index (χ1v) is 8.02. The molecular weight excluding hydrogens is 342 g/mol. The number of carbonyl (C=O) groups is 1. The highest BCUT2D eigenvalue weighted by molar-refractivity contribution is 6.01. The van der Waals surface area contributed by atoms with Crippen LogP contribution in [0.4, 0.5) is 25.0 Å². The first-order chi connectivity index (χ1) is 12.5. The van der Waals surface area contributed by atoms with Crippen LogP contribution in [-0.4, -0.2) is 16.2 Å². The maximum atomic E-state index is 13.6. The molecule has 0 atom stereocenters. The van der Waals surface area contributed by atoms with Gasteiger partial charge in [-0.3, -0.25) is 4.79 Å². The van der Waals surface area contributed by atoms with E-state index < -0.39 is 17.7 Å². The number of aryl methyl sites for hydroxylation is 1. The number of hydrogen-bond acceptors (Lipinski definition) is 3. The number of fused-ring (bicyclic) bond motifs is 1. The molecule has 0 aliphatic rings. The summed E-state index contributed by atoms with van der Waals surface area (Å²) in [6, 6.07) is 6.98. The number of amides is 2. The zero-order chi connectivity index (χ0) is 18.7. The normalized spacial score (nSPS) is 10.7. The molecule has 0 spiro atoms. The number of nitrogens with zero attached hydrogens (tertiary/aromatic N) is 1. The van der Waals surface area contributed by atoms with Gasteiger partial charge >= 0.3 is 6.03 Å². The van der Waals surface area contributed by atoms with Crippen LogP contribution >= 0.6 is 0 Å². The average Bonchev–Trinajstić information content (AvgIpc) is 2.60. The van der Waals surface area contributed by atoms with Crippen LogP contribution in [0.5, 0.6) is 0 Å². The predicted octanol–water partition coefficient (Wildman–Crippen LogP) is 3.80. The van der Waals surface area contributed by atoms with Crippen LogP contribution in [-0.2, 0) is 6.42 Å². The molecule has 1 heterocycles. The number of benzene rings is 2. The highest BCUT2D eigenvalue weighted by Crippen LogP contribution is 2.20. The third-order valence-corrected chi connectivity index (χ3v) is 3.79. The smallest absolute Gasteiger partial charge is 0.308 e. The molecule has 0 radical (unpaired) electrons. The number of H-pyrrole nitrogens is 1. The molecule has 0 saturated carbocycles. The van der Waals surface area contributed by atoms with Crippen molar-refractivity contribution in [3.63, 3.8) is 0 Å². The summed E-state index contributed by atoms with van der Waals surface area (Å²) in [7, 11) is 0. The van der Waals surface area contributed by atoms with E-state index in [4.69, 9.17) is 0 Å². The van der Waals surface area contributed by atoms with Gasteiger partial charge in [0.2, 0.25) is 0 Å². The monoisotopic (exact) mass is 358 g/mol. The maximum absolute atomic E-state index is 13.6. The van der Waals surface area contributed by atoms with Crippen molar-refractivity contribution in [2.45, 2.75) is 19.8 Å². The Balaban J connectivity index is 1.83. The fourth-order valence-corrected chi connectivity index (χ4v) is 2.60. The molecule has 3 aromatic rings. The number of aromatic nitrogens is 2. The molecule has 0 aliphatic carbocycles. The largest absolute Gasteiger partial charge is 0.323 e. The van der Waals surface area contributed by atoms with Gasteiger partial charge in [-0.05, 0) is 30.7 Å². The van der Waals surface area contributed by atoms with Crippen molar-refractivity contribution < 1.29 is 13.6 Å². The summed E-state index contributed by atoms with van der Waals surface area (Å²) in [6.07, 6.45) is 1.59. The second-order valence-electron chi connectivity index (χ2n) is 5.71. The minimum absolute atomic E-state index is 0.156. The zero-order valence-corrected chi connectivity index (χ0v) is 13.9. The van der Waals surface area contributed by atoms with E-state index >= 15 is 0 Å². The lowest BCUT2D eigenvalue weighted by molar-refractivity contribution is 0.262. The number of rotatable bonds is 4. The van der Waals surface area contributed by atoms with E-state index in [2.05, 4.69) is 20.8 Å². The van der Waals surface area contributed by atoms with Crippen LogP contribution < -0.4 is 16.2 Å². The number of nitrogens with one attached hydrogen (secondary N) is 3. The number of carbonyl (C=O) groups excluding carboxylic acids is 1. The Morgan fingerprint density at radius 3 is 2.65 bits per heavy atom. The van der Waals surface area contributed by atoms with Gasteiger partial charge in [-0.15, -0.1) is 0 Å². The van der Waals surface area contributed by atoms with Crippen molar-refractivity contribution in [1.82, 2.24) is 10.2 Å². The fourth-order valence-electron chi connectivity index (χ4n) is 2.60. The van der Waals surface area contributed by atoms with Crippen LogP contribution in [0.2, 0.25) is 0 Å². The van der Waals surface area contributed by atoms with E-state index in [1.165, 1.54) is 6.07 Å². The standard InChI is InChI=1S/C18H16F2N4O2/c1-2-3-15-12-6-5-11(9-13(12)17(25)24-23-15)21-18(26)22-16-7-4-10(19)8-14(16)20/h4-9H,2-3H2,1H3,(H,24,25)(H2,21,22,26). The van der Waals surface area contributed by atoms with Crippen LogP contribution in [0.1, 0.15) is 19.0 Å². The molecule has 2 amide bonds. The summed E-state index contributed by atoms with van der Waals surface area (Å²) in [5.74, 6) is -1.62. The molecule has 6 nitrogen and oxygen atoms in total. The number of anilines is 2. The van der Waals surface area contributed by atoms with Gasteiger partial charge in [0.05, 0.1) is 16.8 Å². The molecule has 1 aromatic heterocycles. The van der Waals surface area contributed by atoms with E-state index in [9.17, 15) is 18.4 Å². The minimum Gasteiger partial charge on any atom is -0.308 e. The van der Waals surface area contributed by atoms with E-state index in [1.54, 1.807) is 12.1 Å². The molecule has 134 valence electrons. The van der Waals surface area contributed by atoms with Crippen LogP contribution in [0.15, 0.2) is 41.2 Å². The number of hydrogen-bond donors (Lipinski definition) is 3. The number of aromatic amines is 1. The van der Waals surface area contributed by atoms with Gasteiger partial charge in [0.1, 0.15) is 11.6 Å². The van der Waals surface area contributed by atoms with Crippen molar-refractivity contribution in [2.75, 3.05) is 10.6 Å². The first kappa shape index (κ1) is 17.5. The van der Waals surface area contributed by atoms with Crippen LogP contribution in [0.3, 0.4) is 0 Å². The van der Waals surface area contributed by atoms with E-state index in [-0.39, 0.29) is 11.2 Å². The number of halogens is 2. The molecule has 0 saturated heterocycles. The van der Waals surface area contributed by atoms with Gasteiger partial charge in [-0.2, -0.15) is 5.10 Å². The topological polar surface area (TPSA) is 86.9 Å². The summed E-state index contributed by atoms with van der Waals surface area (Å²) in [5, 5.41) is 12.4. The quantitative estimate of drug-likeness (QED) is 0.663. The molecule has 0 unspecified atom stereocenters. The lowest BCUT2D eigenvalue weighted by Gasteiger charge is -2.10. The molecule has 2 aromatic carbocycles. The maximum Gasteiger partial charge on any atom is 0.323 e. The first-order valence-electron chi connectivity index (χ1n) is 8.02. The summed E-state index contributed by atoms with van der Waals surface area (Å²) < 4.78 is 26.5. The Morgan fingerprint density at radius 2 is 1.92 bits per heavy atom. The Kier molecular flexibility index (Phi) is 4.92. The highest BCUT2D eigenvalue weighted by atomic mass is 19.1. The second-order valence-corrected chi connectivity index (χ2v) is 5.71. The number of urea groups is 1. The van der Waals surface area contributed by atoms with Gasteiger partial charge in [0.25, 0.3) is 5.56 Å². The SMILES string of the molecule is CCCc1n[nH]c(=O)c2cc(NC(=O)Nc3ccc(F)cc3F)ccc12. The summed E-state index contributed by atoms with van der Waals surface area (Å²) >= 11 is 0. The Bertz CT molecular complexity index is 1030. The highest BCUT2D eigenvalue weighted by Gasteiger charge is 2.10. The van der Waals surface area contributed by atoms with E-state index in [0.29, 0.717) is 28.9 Å². The molecule has 0 bridgehead atoms. The van der Waals surface area contributed by atoms with Gasteiger partial charge in [-0.25, -0.2) is 18.7 Å². The molecule has 26 heavy (non-hydrogen) atoms. The molecule has 8 heteroatoms. The Hall–Kier alpha value is -3.29. The van der Waals surface area contributed by atoms with Crippen molar-refractivity contribution >= 4 is 28.2 Å². The molecule has 0 aliphatic heterocycles. The predicted molar refractivity (Wildman–Crippen MR) is 95.4 cm³/mol. The molecular formula is C18H16F2N4O2. The van der Waals surface area contributed by atoms with E-state index in [1.807, 2.05) is 6.92 Å². The molecule has 3 rings (SSSR count). The summed E-state index contributed by atoms with van der Waals surface area (Å²) in [6.45, 7) is 2.01. The molecule has 3 N–H and O–H groups in total. The van der Waals surface area contributed by atoms with Crippen molar-refractivity contribution in [2.24, 2.45) is 0 Å². The van der Waals surface area contributed by atoms with Crippen LogP contribution in [0.25, 0.3) is 10.8 Å². The average molecular weight is 358 g/mol. The Morgan fingerprint density at radius 1 is 1.12 bits per heavy atom. The van der Waals surface area contributed by atoms with Crippen molar-refractivity contribution in [3.8, 4) is 0 Å². The second kappa shape index (κ2) is 7.30.